The molecule has 4 nitrogen and oxygen atoms in total. The standard InChI is InChI=1S/C20H24O4/c21-19(15-23-17-7-3-1-4-8-17)11-13-20(22,14-12-19)16-24-18-9-5-2-6-10-18/h1-10,21-22H,11-16H2. The van der Waals surface area contributed by atoms with Gasteiger partial charge < -0.3 is 19.7 Å². The molecule has 3 rings (SSSR count). The largest absolute Gasteiger partial charge is 0.491 e. The minimum absolute atomic E-state index is 0.243. The summed E-state index contributed by atoms with van der Waals surface area (Å²) in [4.78, 5) is 0. The van der Waals surface area contributed by atoms with Crippen molar-refractivity contribution in [3.63, 3.8) is 0 Å². The second-order valence-corrected chi connectivity index (χ2v) is 6.65. The first-order chi connectivity index (χ1) is 11.6. The van der Waals surface area contributed by atoms with Gasteiger partial charge >= 0.3 is 0 Å². The van der Waals surface area contributed by atoms with Crippen molar-refractivity contribution in [2.24, 2.45) is 0 Å². The summed E-state index contributed by atoms with van der Waals surface area (Å²) in [5.74, 6) is 1.50. The van der Waals surface area contributed by atoms with Gasteiger partial charge in [-0.1, -0.05) is 36.4 Å². The lowest BCUT2D eigenvalue weighted by molar-refractivity contribution is -0.110. The molecule has 0 bridgehead atoms. The van der Waals surface area contributed by atoms with Crippen LogP contribution < -0.4 is 9.47 Å². The average Bonchev–Trinajstić information content (AvgIpc) is 2.64. The second kappa shape index (κ2) is 7.24. The molecule has 1 aliphatic carbocycles. The molecule has 0 atom stereocenters. The maximum absolute atomic E-state index is 10.7. The van der Waals surface area contributed by atoms with Gasteiger partial charge in [-0.2, -0.15) is 0 Å². The second-order valence-electron chi connectivity index (χ2n) is 6.65. The predicted molar refractivity (Wildman–Crippen MR) is 92.2 cm³/mol. The van der Waals surface area contributed by atoms with Gasteiger partial charge in [0.25, 0.3) is 0 Å². The molecule has 0 saturated heterocycles. The fourth-order valence-corrected chi connectivity index (χ4v) is 2.94. The van der Waals surface area contributed by atoms with Crippen LogP contribution in [0.1, 0.15) is 25.7 Å². The smallest absolute Gasteiger partial charge is 0.119 e. The zero-order chi connectivity index (χ0) is 16.9. The highest BCUT2D eigenvalue weighted by molar-refractivity contribution is 5.22. The Hall–Kier alpha value is -2.04. The van der Waals surface area contributed by atoms with Crippen molar-refractivity contribution in [3.8, 4) is 11.5 Å². The summed E-state index contributed by atoms with van der Waals surface area (Å²) >= 11 is 0. The van der Waals surface area contributed by atoms with Crippen LogP contribution in [0.2, 0.25) is 0 Å². The van der Waals surface area contributed by atoms with Crippen molar-refractivity contribution in [1.82, 2.24) is 0 Å². The molecule has 0 amide bonds. The third-order valence-corrected chi connectivity index (χ3v) is 4.61. The Morgan fingerprint density at radius 3 is 1.29 bits per heavy atom. The molecule has 0 aromatic heterocycles. The van der Waals surface area contributed by atoms with E-state index in [0.717, 1.165) is 11.5 Å². The maximum atomic E-state index is 10.7. The minimum atomic E-state index is -0.894. The zero-order valence-electron chi connectivity index (χ0n) is 13.7. The fourth-order valence-electron chi connectivity index (χ4n) is 2.94. The highest BCUT2D eigenvalue weighted by Crippen LogP contribution is 2.35. The SMILES string of the molecule is OC1(COc2ccccc2)CCC(O)(COc2ccccc2)CC1. The van der Waals surface area contributed by atoms with E-state index in [0.29, 0.717) is 25.7 Å². The van der Waals surface area contributed by atoms with Crippen molar-refractivity contribution in [2.45, 2.75) is 36.9 Å². The van der Waals surface area contributed by atoms with Gasteiger partial charge in [0, 0.05) is 0 Å². The number of benzene rings is 2. The van der Waals surface area contributed by atoms with Crippen LogP contribution in [0.25, 0.3) is 0 Å². The van der Waals surface area contributed by atoms with Gasteiger partial charge in [-0.3, -0.25) is 0 Å². The van der Waals surface area contributed by atoms with Crippen LogP contribution in [0.5, 0.6) is 11.5 Å². The zero-order valence-corrected chi connectivity index (χ0v) is 13.7. The monoisotopic (exact) mass is 328 g/mol. The third kappa shape index (κ3) is 4.49. The molecule has 1 aliphatic rings. The van der Waals surface area contributed by atoms with E-state index < -0.39 is 11.2 Å². The van der Waals surface area contributed by atoms with E-state index in [1.165, 1.54) is 0 Å². The molecular formula is C20H24O4. The number of hydrogen-bond acceptors (Lipinski definition) is 4. The Kier molecular flexibility index (Phi) is 5.07. The summed E-state index contributed by atoms with van der Waals surface area (Å²) < 4.78 is 11.4. The van der Waals surface area contributed by atoms with Gasteiger partial charge in [-0.25, -0.2) is 0 Å². The predicted octanol–water partition coefficient (Wildman–Crippen LogP) is 3.18. The van der Waals surface area contributed by atoms with Crippen LogP contribution in [0.3, 0.4) is 0 Å². The van der Waals surface area contributed by atoms with Crippen molar-refractivity contribution in [2.75, 3.05) is 13.2 Å². The number of hydrogen-bond donors (Lipinski definition) is 2. The minimum Gasteiger partial charge on any atom is -0.491 e. The Morgan fingerprint density at radius 1 is 0.625 bits per heavy atom. The Labute approximate surface area is 142 Å². The van der Waals surface area contributed by atoms with E-state index in [1.807, 2.05) is 60.7 Å². The molecule has 4 heteroatoms. The van der Waals surface area contributed by atoms with E-state index in [2.05, 4.69) is 0 Å². The quantitative estimate of drug-likeness (QED) is 0.855. The number of aliphatic hydroxyl groups is 2. The number of para-hydroxylation sites is 2. The van der Waals surface area contributed by atoms with E-state index in [-0.39, 0.29) is 13.2 Å². The Balaban J connectivity index is 1.48. The van der Waals surface area contributed by atoms with Gasteiger partial charge in [-0.15, -0.1) is 0 Å². The van der Waals surface area contributed by atoms with E-state index in [9.17, 15) is 10.2 Å². The molecule has 0 unspecified atom stereocenters. The summed E-state index contributed by atoms with van der Waals surface area (Å²) in [7, 11) is 0. The first kappa shape index (κ1) is 16.8. The molecule has 1 fully saturated rings. The summed E-state index contributed by atoms with van der Waals surface area (Å²) in [5, 5.41) is 21.3. The normalized spacial score (nSPS) is 26.8. The Morgan fingerprint density at radius 2 is 0.958 bits per heavy atom. The molecule has 0 radical (unpaired) electrons. The van der Waals surface area contributed by atoms with Gasteiger partial charge in [0.05, 0.1) is 11.2 Å². The van der Waals surface area contributed by atoms with E-state index in [4.69, 9.17) is 9.47 Å². The van der Waals surface area contributed by atoms with Crippen molar-refractivity contribution in [1.29, 1.82) is 0 Å². The fraction of sp³-hybridized carbons (Fsp3) is 0.400. The van der Waals surface area contributed by atoms with Crippen LogP contribution in [-0.4, -0.2) is 34.6 Å². The third-order valence-electron chi connectivity index (χ3n) is 4.61. The van der Waals surface area contributed by atoms with Crippen LogP contribution >= 0.6 is 0 Å². The van der Waals surface area contributed by atoms with Gasteiger partial charge in [0.1, 0.15) is 24.7 Å². The van der Waals surface area contributed by atoms with E-state index >= 15 is 0 Å². The topological polar surface area (TPSA) is 58.9 Å². The number of rotatable bonds is 6. The molecule has 2 N–H and O–H groups in total. The van der Waals surface area contributed by atoms with Gasteiger partial charge in [-0.05, 0) is 49.9 Å². The molecule has 0 spiro atoms. The molecule has 0 aliphatic heterocycles. The van der Waals surface area contributed by atoms with Crippen LogP contribution in [0.4, 0.5) is 0 Å². The molecule has 24 heavy (non-hydrogen) atoms. The summed E-state index contributed by atoms with van der Waals surface area (Å²) in [6.07, 6.45) is 1.98. The van der Waals surface area contributed by atoms with Crippen molar-refractivity contribution < 1.29 is 19.7 Å². The first-order valence-corrected chi connectivity index (χ1v) is 8.38. The van der Waals surface area contributed by atoms with Crippen LogP contribution in [-0.2, 0) is 0 Å². The lowest BCUT2D eigenvalue weighted by Gasteiger charge is -2.40. The lowest BCUT2D eigenvalue weighted by atomic mass is 9.76. The summed E-state index contributed by atoms with van der Waals surface area (Å²) in [6.45, 7) is 0.485. The average molecular weight is 328 g/mol. The van der Waals surface area contributed by atoms with Gasteiger partial charge in [0.15, 0.2) is 0 Å². The first-order valence-electron chi connectivity index (χ1n) is 8.38. The van der Waals surface area contributed by atoms with E-state index in [1.54, 1.807) is 0 Å². The Bertz CT molecular complexity index is 561. The maximum Gasteiger partial charge on any atom is 0.119 e. The summed E-state index contributed by atoms with van der Waals surface area (Å²) in [6, 6.07) is 18.9. The van der Waals surface area contributed by atoms with Crippen molar-refractivity contribution in [3.05, 3.63) is 60.7 Å². The molecule has 0 heterocycles. The van der Waals surface area contributed by atoms with Crippen molar-refractivity contribution >= 4 is 0 Å². The van der Waals surface area contributed by atoms with Gasteiger partial charge in [0.2, 0.25) is 0 Å². The lowest BCUT2D eigenvalue weighted by Crippen LogP contribution is -2.48. The molecule has 2 aromatic carbocycles. The van der Waals surface area contributed by atoms with Crippen LogP contribution in [0.15, 0.2) is 60.7 Å². The summed E-state index contributed by atoms with van der Waals surface area (Å²) in [5.41, 5.74) is -1.79. The number of ether oxygens (including phenoxy) is 2. The molecular weight excluding hydrogens is 304 g/mol. The molecule has 2 aromatic rings. The molecule has 128 valence electrons. The molecule has 1 saturated carbocycles. The highest BCUT2D eigenvalue weighted by Gasteiger charge is 2.41. The van der Waals surface area contributed by atoms with Crippen LogP contribution in [0, 0.1) is 0 Å². The highest BCUT2D eigenvalue weighted by atomic mass is 16.5.